The van der Waals surface area contributed by atoms with E-state index < -0.39 is 0 Å². The van der Waals surface area contributed by atoms with Crippen LogP contribution in [-0.4, -0.2) is 53.8 Å². The summed E-state index contributed by atoms with van der Waals surface area (Å²) >= 11 is 0. The van der Waals surface area contributed by atoms with Crippen LogP contribution in [0.4, 0.5) is 10.5 Å². The number of anilines is 1. The van der Waals surface area contributed by atoms with Gasteiger partial charge in [0.1, 0.15) is 11.6 Å². The van der Waals surface area contributed by atoms with Crippen molar-refractivity contribution in [2.45, 2.75) is 13.8 Å². The van der Waals surface area contributed by atoms with Gasteiger partial charge in [-0.3, -0.25) is 4.79 Å². The highest BCUT2D eigenvalue weighted by molar-refractivity contribution is 5.91. The summed E-state index contributed by atoms with van der Waals surface area (Å²) < 4.78 is 11.0. The third-order valence-corrected chi connectivity index (χ3v) is 5.02. The molecule has 1 fully saturated rings. The second-order valence-corrected chi connectivity index (χ2v) is 7.06. The molecule has 1 saturated heterocycles. The molecule has 8 nitrogen and oxygen atoms in total. The molecule has 0 aliphatic carbocycles. The molecule has 1 aliphatic heterocycles. The Morgan fingerprint density at radius 2 is 2.07 bits per heavy atom. The van der Waals surface area contributed by atoms with Crippen molar-refractivity contribution < 1.29 is 14.3 Å². The van der Waals surface area contributed by atoms with Gasteiger partial charge in [-0.25, -0.2) is 9.78 Å². The van der Waals surface area contributed by atoms with Gasteiger partial charge in [-0.2, -0.15) is 0 Å². The number of nitrogens with one attached hydrogen (secondary N) is 2. The number of carbonyl (C=O) groups is 1. The molecule has 0 bridgehead atoms. The second kappa shape index (κ2) is 8.54. The lowest BCUT2D eigenvalue weighted by Crippen LogP contribution is -2.43. The third kappa shape index (κ3) is 3.99. The molecule has 0 unspecified atom stereocenters. The lowest BCUT2D eigenvalue weighted by molar-refractivity contribution is 0.0564. The molecule has 0 atom stereocenters. The van der Waals surface area contributed by atoms with E-state index in [1.165, 1.54) is 0 Å². The fraction of sp³-hybridized carbons (Fsp3) is 0.318. The van der Waals surface area contributed by atoms with Crippen molar-refractivity contribution in [1.82, 2.24) is 14.9 Å². The van der Waals surface area contributed by atoms with Gasteiger partial charge in [-0.1, -0.05) is 12.1 Å². The highest BCUT2D eigenvalue weighted by Crippen LogP contribution is 2.31. The number of nitrogens with zero attached hydrogens (tertiary/aromatic N) is 2. The van der Waals surface area contributed by atoms with Gasteiger partial charge in [0.2, 0.25) is 0 Å². The number of para-hydroxylation sites is 1. The predicted molar refractivity (Wildman–Crippen MR) is 115 cm³/mol. The molecule has 0 spiro atoms. The van der Waals surface area contributed by atoms with Crippen molar-refractivity contribution >= 4 is 22.6 Å². The number of H-pyrrole nitrogens is 1. The van der Waals surface area contributed by atoms with Gasteiger partial charge >= 0.3 is 6.03 Å². The quantitative estimate of drug-likeness (QED) is 0.691. The van der Waals surface area contributed by atoms with Crippen LogP contribution < -0.4 is 15.6 Å². The SMILES string of the molecule is CCOc1ccc(NC(=O)N2CCOCC2)cc1-c1nc2c(C)cccc2c(=O)[nH]1. The van der Waals surface area contributed by atoms with Crippen LogP contribution in [0.5, 0.6) is 5.75 Å². The minimum absolute atomic E-state index is 0.191. The first-order valence-corrected chi connectivity index (χ1v) is 9.97. The fourth-order valence-corrected chi connectivity index (χ4v) is 3.48. The van der Waals surface area contributed by atoms with Crippen LogP contribution in [-0.2, 0) is 4.74 Å². The Labute approximate surface area is 173 Å². The Morgan fingerprint density at radius 1 is 1.27 bits per heavy atom. The van der Waals surface area contributed by atoms with Crippen molar-refractivity contribution in [3.8, 4) is 17.1 Å². The summed E-state index contributed by atoms with van der Waals surface area (Å²) in [5.74, 6) is 0.977. The Hall–Kier alpha value is -3.39. The van der Waals surface area contributed by atoms with E-state index in [4.69, 9.17) is 9.47 Å². The number of hydrogen-bond donors (Lipinski definition) is 2. The molecule has 2 aromatic carbocycles. The molecule has 30 heavy (non-hydrogen) atoms. The molecular weight excluding hydrogens is 384 g/mol. The first-order chi connectivity index (χ1) is 14.6. The molecule has 1 aromatic heterocycles. The van der Waals surface area contributed by atoms with Gasteiger partial charge in [-0.05, 0) is 43.7 Å². The van der Waals surface area contributed by atoms with Gasteiger partial charge in [-0.15, -0.1) is 0 Å². The average Bonchev–Trinajstić information content (AvgIpc) is 2.76. The molecule has 3 aromatic rings. The molecule has 156 valence electrons. The Balaban J connectivity index is 1.73. The first kappa shape index (κ1) is 19.9. The van der Waals surface area contributed by atoms with Crippen LogP contribution >= 0.6 is 0 Å². The normalized spacial score (nSPS) is 14.0. The van der Waals surface area contributed by atoms with E-state index in [1.807, 2.05) is 26.0 Å². The predicted octanol–water partition coefficient (Wildman–Crippen LogP) is 3.16. The van der Waals surface area contributed by atoms with Gasteiger partial charge in [0.05, 0.1) is 36.3 Å². The molecule has 2 amide bonds. The van der Waals surface area contributed by atoms with Crippen molar-refractivity contribution in [3.63, 3.8) is 0 Å². The van der Waals surface area contributed by atoms with E-state index in [2.05, 4.69) is 15.3 Å². The van der Waals surface area contributed by atoms with E-state index in [9.17, 15) is 9.59 Å². The summed E-state index contributed by atoms with van der Waals surface area (Å²) in [7, 11) is 0. The van der Waals surface area contributed by atoms with E-state index >= 15 is 0 Å². The molecule has 1 aliphatic rings. The number of aromatic nitrogens is 2. The molecule has 0 saturated carbocycles. The van der Waals surface area contributed by atoms with Crippen molar-refractivity contribution in [2.24, 2.45) is 0 Å². The zero-order chi connectivity index (χ0) is 21.1. The molecular formula is C22H24N4O4. The Bertz CT molecular complexity index is 1140. The highest BCUT2D eigenvalue weighted by atomic mass is 16.5. The summed E-state index contributed by atoms with van der Waals surface area (Å²) in [4.78, 5) is 34.4. The summed E-state index contributed by atoms with van der Waals surface area (Å²) in [5, 5.41) is 3.45. The van der Waals surface area contributed by atoms with Crippen LogP contribution in [0.2, 0.25) is 0 Å². The van der Waals surface area contributed by atoms with E-state index in [1.54, 1.807) is 29.2 Å². The van der Waals surface area contributed by atoms with Crippen LogP contribution in [0.3, 0.4) is 0 Å². The molecule has 8 heteroatoms. The molecule has 4 rings (SSSR count). The minimum atomic E-state index is -0.219. The number of amides is 2. The number of carbonyl (C=O) groups excluding carboxylic acids is 1. The van der Waals surface area contributed by atoms with Gasteiger partial charge in [0, 0.05) is 18.8 Å². The fourth-order valence-electron chi connectivity index (χ4n) is 3.48. The monoisotopic (exact) mass is 408 g/mol. The first-order valence-electron chi connectivity index (χ1n) is 9.97. The van der Waals surface area contributed by atoms with Crippen molar-refractivity contribution in [2.75, 3.05) is 38.2 Å². The van der Waals surface area contributed by atoms with Gasteiger partial charge in [0.25, 0.3) is 5.56 Å². The maximum absolute atomic E-state index is 12.6. The minimum Gasteiger partial charge on any atom is -0.493 e. The number of benzene rings is 2. The Kier molecular flexibility index (Phi) is 5.67. The van der Waals surface area contributed by atoms with E-state index in [0.717, 1.165) is 5.56 Å². The van der Waals surface area contributed by atoms with Crippen LogP contribution in [0.15, 0.2) is 41.2 Å². The maximum atomic E-state index is 12.6. The zero-order valence-corrected chi connectivity index (χ0v) is 17.0. The maximum Gasteiger partial charge on any atom is 0.321 e. The number of rotatable bonds is 4. The lowest BCUT2D eigenvalue weighted by Gasteiger charge is -2.27. The summed E-state index contributed by atoms with van der Waals surface area (Å²) in [6.45, 7) is 6.43. The van der Waals surface area contributed by atoms with Gasteiger partial charge in [0.15, 0.2) is 0 Å². The number of fused-ring (bicyclic) bond motifs is 1. The number of morpholine rings is 1. The van der Waals surface area contributed by atoms with Crippen LogP contribution in [0, 0.1) is 6.92 Å². The average molecular weight is 408 g/mol. The number of aromatic amines is 1. The molecule has 0 radical (unpaired) electrons. The molecule has 2 N–H and O–H groups in total. The largest absolute Gasteiger partial charge is 0.493 e. The summed E-state index contributed by atoms with van der Waals surface area (Å²) in [6.07, 6.45) is 0. The smallest absolute Gasteiger partial charge is 0.321 e. The number of aryl methyl sites for hydroxylation is 1. The van der Waals surface area contributed by atoms with Crippen LogP contribution in [0.25, 0.3) is 22.3 Å². The second-order valence-electron chi connectivity index (χ2n) is 7.06. The van der Waals surface area contributed by atoms with Gasteiger partial charge < -0.3 is 24.7 Å². The number of ether oxygens (including phenoxy) is 2. The number of hydrogen-bond acceptors (Lipinski definition) is 5. The molecule has 2 heterocycles. The Morgan fingerprint density at radius 3 is 2.83 bits per heavy atom. The van der Waals surface area contributed by atoms with Crippen LogP contribution in [0.1, 0.15) is 12.5 Å². The van der Waals surface area contributed by atoms with Crippen molar-refractivity contribution in [3.05, 3.63) is 52.3 Å². The highest BCUT2D eigenvalue weighted by Gasteiger charge is 2.18. The van der Waals surface area contributed by atoms with E-state index in [0.29, 0.717) is 66.6 Å². The summed E-state index contributed by atoms with van der Waals surface area (Å²) in [6, 6.07) is 10.6. The summed E-state index contributed by atoms with van der Waals surface area (Å²) in [5.41, 5.74) is 2.54. The standard InChI is InChI=1S/C22H24N4O4/c1-3-30-18-8-7-15(23-22(28)26-9-11-29-12-10-26)13-17(18)20-24-19-14(2)5-4-6-16(19)21(27)25-20/h4-8,13H,3,9-12H2,1-2H3,(H,23,28)(H,24,25,27). The third-order valence-electron chi connectivity index (χ3n) is 5.02. The zero-order valence-electron chi connectivity index (χ0n) is 17.0. The van der Waals surface area contributed by atoms with Crippen molar-refractivity contribution in [1.29, 1.82) is 0 Å². The van der Waals surface area contributed by atoms with E-state index in [-0.39, 0.29) is 11.6 Å². The number of urea groups is 1. The topological polar surface area (TPSA) is 96.5 Å². The lowest BCUT2D eigenvalue weighted by atomic mass is 10.1.